The van der Waals surface area contributed by atoms with Crippen molar-refractivity contribution in [1.29, 1.82) is 0 Å². The fourth-order valence-electron chi connectivity index (χ4n) is 3.00. The van der Waals surface area contributed by atoms with Gasteiger partial charge in [0.1, 0.15) is 5.82 Å². The molecule has 0 saturated heterocycles. The largest absolute Gasteiger partial charge is 0.369 e. The van der Waals surface area contributed by atoms with Crippen molar-refractivity contribution in [3.63, 3.8) is 0 Å². The third kappa shape index (κ3) is 13.1. The Balaban J connectivity index is 4.64. The smallest absolute Gasteiger partial charge is 0.114 e. The van der Waals surface area contributed by atoms with Crippen molar-refractivity contribution < 1.29 is 0 Å². The molecule has 0 amide bonds. The van der Waals surface area contributed by atoms with Gasteiger partial charge < -0.3 is 5.32 Å². The second kappa shape index (κ2) is 16.8. The minimum absolute atomic E-state index is 0.364. The average Bonchev–Trinajstić information content (AvgIpc) is 2.65. The first kappa shape index (κ1) is 26.9. The van der Waals surface area contributed by atoms with Crippen LogP contribution in [0.25, 0.3) is 0 Å². The molecule has 0 aromatic carbocycles. The lowest BCUT2D eigenvalue weighted by Gasteiger charge is -2.20. The van der Waals surface area contributed by atoms with E-state index in [1.165, 1.54) is 37.7 Å². The summed E-state index contributed by atoms with van der Waals surface area (Å²) in [5.41, 5.74) is 4.70. The summed E-state index contributed by atoms with van der Waals surface area (Å²) in [5, 5.41) is 3.71. The molecule has 0 aromatic heterocycles. The Kier molecular flexibility index (Phi) is 16.1. The van der Waals surface area contributed by atoms with E-state index >= 15 is 0 Å². The van der Waals surface area contributed by atoms with Crippen LogP contribution in [0.1, 0.15) is 80.6 Å². The van der Waals surface area contributed by atoms with Crippen molar-refractivity contribution in [3.8, 4) is 0 Å². The van der Waals surface area contributed by atoms with Crippen LogP contribution >= 0.6 is 11.9 Å². The monoisotopic (exact) mass is 407 g/mol. The number of hydrazine groups is 1. The van der Waals surface area contributed by atoms with Gasteiger partial charge in [0, 0.05) is 11.3 Å². The SMILES string of the molecule is C=C/C=C(/NNSC(C)/C=C\C(=C/C)C(CCC)CCC(C)CC)NC(C)C. The Labute approximate surface area is 179 Å². The van der Waals surface area contributed by atoms with Crippen molar-refractivity contribution in [2.75, 3.05) is 0 Å². The lowest BCUT2D eigenvalue weighted by atomic mass is 9.86. The zero-order valence-corrected chi connectivity index (χ0v) is 20.2. The van der Waals surface area contributed by atoms with Gasteiger partial charge in [0.15, 0.2) is 0 Å². The molecular formula is C24H45N3S. The number of allylic oxidation sites excluding steroid dienone is 5. The lowest BCUT2D eigenvalue weighted by Crippen LogP contribution is -2.37. The maximum Gasteiger partial charge on any atom is 0.114 e. The zero-order chi connectivity index (χ0) is 21.4. The molecule has 3 unspecified atom stereocenters. The predicted octanol–water partition coefficient (Wildman–Crippen LogP) is 6.89. The first-order valence-electron chi connectivity index (χ1n) is 11.0. The van der Waals surface area contributed by atoms with Gasteiger partial charge in [-0.3, -0.25) is 5.43 Å². The summed E-state index contributed by atoms with van der Waals surface area (Å²) in [6, 6.07) is 0.367. The minimum atomic E-state index is 0.364. The van der Waals surface area contributed by atoms with E-state index in [0.29, 0.717) is 17.2 Å². The van der Waals surface area contributed by atoms with Crippen LogP contribution in [-0.4, -0.2) is 11.3 Å². The molecule has 4 heteroatoms. The first-order chi connectivity index (χ1) is 13.4. The molecule has 0 heterocycles. The molecule has 0 saturated carbocycles. The van der Waals surface area contributed by atoms with Crippen molar-refractivity contribution >= 4 is 11.9 Å². The number of hydrogen-bond donors (Lipinski definition) is 3. The van der Waals surface area contributed by atoms with E-state index in [0.717, 1.165) is 11.7 Å². The summed E-state index contributed by atoms with van der Waals surface area (Å²) in [6.45, 7) is 19.3. The molecule has 0 radical (unpaired) electrons. The van der Waals surface area contributed by atoms with Gasteiger partial charge in [-0.05, 0) is 64.0 Å². The topological polar surface area (TPSA) is 36.1 Å². The van der Waals surface area contributed by atoms with Crippen LogP contribution in [0.3, 0.4) is 0 Å². The molecule has 0 aliphatic rings. The van der Waals surface area contributed by atoms with E-state index in [9.17, 15) is 0 Å². The van der Waals surface area contributed by atoms with Gasteiger partial charge in [0.25, 0.3) is 0 Å². The number of hydrogen-bond acceptors (Lipinski definition) is 4. The molecule has 0 aliphatic carbocycles. The maximum absolute atomic E-state index is 3.76. The van der Waals surface area contributed by atoms with Crippen LogP contribution in [0, 0.1) is 11.8 Å². The fraction of sp³-hybridized carbons (Fsp3) is 0.667. The van der Waals surface area contributed by atoms with E-state index in [1.807, 2.05) is 6.08 Å². The van der Waals surface area contributed by atoms with Crippen LogP contribution in [0.15, 0.2) is 48.4 Å². The molecule has 0 spiro atoms. The molecule has 3 nitrogen and oxygen atoms in total. The molecule has 0 aliphatic heterocycles. The Bertz CT molecular complexity index is 494. The van der Waals surface area contributed by atoms with Crippen molar-refractivity contribution in [2.24, 2.45) is 11.8 Å². The lowest BCUT2D eigenvalue weighted by molar-refractivity contribution is 0.421. The molecule has 162 valence electrons. The molecular weight excluding hydrogens is 362 g/mol. The van der Waals surface area contributed by atoms with Crippen LogP contribution < -0.4 is 15.6 Å². The second-order valence-electron chi connectivity index (χ2n) is 7.89. The molecule has 0 fully saturated rings. The van der Waals surface area contributed by atoms with Crippen molar-refractivity contribution in [3.05, 3.63) is 48.4 Å². The Morgan fingerprint density at radius 2 is 1.79 bits per heavy atom. The fourth-order valence-corrected chi connectivity index (χ4v) is 3.51. The Hall–Kier alpha value is -1.13. The minimum Gasteiger partial charge on any atom is -0.369 e. The van der Waals surface area contributed by atoms with Gasteiger partial charge in [-0.1, -0.05) is 82.9 Å². The number of nitrogens with one attached hydrogen (secondary N) is 3. The quantitative estimate of drug-likeness (QED) is 0.148. The van der Waals surface area contributed by atoms with Gasteiger partial charge in [0.2, 0.25) is 0 Å². The highest BCUT2D eigenvalue weighted by Crippen LogP contribution is 2.27. The molecule has 28 heavy (non-hydrogen) atoms. The highest BCUT2D eigenvalue weighted by atomic mass is 32.2. The Morgan fingerprint density at radius 3 is 2.32 bits per heavy atom. The van der Waals surface area contributed by atoms with Crippen LogP contribution in [-0.2, 0) is 0 Å². The van der Waals surface area contributed by atoms with Gasteiger partial charge >= 0.3 is 0 Å². The van der Waals surface area contributed by atoms with Crippen LogP contribution in [0.2, 0.25) is 0 Å². The van der Waals surface area contributed by atoms with Crippen LogP contribution in [0.5, 0.6) is 0 Å². The normalized spacial score (nSPS) is 16.3. The van der Waals surface area contributed by atoms with Crippen molar-refractivity contribution in [2.45, 2.75) is 91.9 Å². The predicted molar refractivity (Wildman–Crippen MR) is 130 cm³/mol. The van der Waals surface area contributed by atoms with Gasteiger partial charge in [-0.2, -0.15) is 4.83 Å². The zero-order valence-electron chi connectivity index (χ0n) is 19.3. The molecule has 3 atom stereocenters. The molecule has 0 rings (SSSR count). The molecule has 3 N–H and O–H groups in total. The second-order valence-corrected chi connectivity index (χ2v) is 9.07. The summed E-state index contributed by atoms with van der Waals surface area (Å²) in [6.07, 6.45) is 17.1. The van der Waals surface area contributed by atoms with E-state index in [1.54, 1.807) is 18.0 Å². The third-order valence-corrected chi connectivity index (χ3v) is 5.61. The van der Waals surface area contributed by atoms with E-state index < -0.39 is 0 Å². The van der Waals surface area contributed by atoms with Crippen molar-refractivity contribution in [1.82, 2.24) is 15.6 Å². The summed E-state index contributed by atoms with van der Waals surface area (Å²) < 4.78 is 0. The maximum atomic E-state index is 3.76. The molecule has 0 bridgehead atoms. The standard InChI is InChI=1S/C24H45N3S/c1-9-13-23(17-15-20(7)11-3)22(12-4)18-16-21(8)28-27-26-24(14-10-2)25-19(5)6/h10,12,14,16,18-21,23,25-27H,2,9,11,13,15,17H2,1,3-8H3/b18-16-,22-12+,24-14+. The van der Waals surface area contributed by atoms with E-state index in [2.05, 4.69) is 88.8 Å². The van der Waals surface area contributed by atoms with Crippen LogP contribution in [0.4, 0.5) is 0 Å². The number of rotatable bonds is 16. The summed E-state index contributed by atoms with van der Waals surface area (Å²) in [4.78, 5) is 3.24. The Morgan fingerprint density at radius 1 is 1.07 bits per heavy atom. The summed E-state index contributed by atoms with van der Waals surface area (Å²) in [7, 11) is 0. The summed E-state index contributed by atoms with van der Waals surface area (Å²) in [5.74, 6) is 2.43. The van der Waals surface area contributed by atoms with Gasteiger partial charge in [0.05, 0.1) is 0 Å². The van der Waals surface area contributed by atoms with E-state index in [-0.39, 0.29) is 0 Å². The van der Waals surface area contributed by atoms with Gasteiger partial charge in [-0.15, -0.1) is 0 Å². The van der Waals surface area contributed by atoms with Gasteiger partial charge in [-0.25, -0.2) is 0 Å². The summed E-state index contributed by atoms with van der Waals surface area (Å²) >= 11 is 1.67. The molecule has 0 aromatic rings. The third-order valence-electron chi connectivity index (χ3n) is 4.87. The van der Waals surface area contributed by atoms with E-state index in [4.69, 9.17) is 0 Å². The highest BCUT2D eigenvalue weighted by Gasteiger charge is 2.13. The first-order valence-corrected chi connectivity index (χ1v) is 11.9. The highest BCUT2D eigenvalue weighted by molar-refractivity contribution is 7.98. The average molecular weight is 408 g/mol.